The summed E-state index contributed by atoms with van der Waals surface area (Å²) in [5.41, 5.74) is 1.52. The SMILES string of the molecule is O=C(/C=C/c1c(Cl)nc2sccn12)OCc1ccc(Cl)cc1. The van der Waals surface area contributed by atoms with Crippen molar-refractivity contribution in [1.82, 2.24) is 9.38 Å². The number of rotatable bonds is 4. The molecule has 0 N–H and O–H groups in total. The molecule has 2 heterocycles. The maximum atomic E-state index is 11.8. The minimum atomic E-state index is -0.448. The van der Waals surface area contributed by atoms with Gasteiger partial charge in [0.25, 0.3) is 0 Å². The van der Waals surface area contributed by atoms with E-state index in [0.717, 1.165) is 10.5 Å². The van der Waals surface area contributed by atoms with Crippen molar-refractivity contribution >= 4 is 51.5 Å². The third kappa shape index (κ3) is 3.32. The predicted octanol–water partition coefficient (Wildman–Crippen LogP) is 4.46. The van der Waals surface area contributed by atoms with Crippen LogP contribution in [0.2, 0.25) is 10.2 Å². The quantitative estimate of drug-likeness (QED) is 0.514. The average molecular weight is 353 g/mol. The van der Waals surface area contributed by atoms with Gasteiger partial charge < -0.3 is 4.74 Å². The molecule has 4 nitrogen and oxygen atoms in total. The van der Waals surface area contributed by atoms with E-state index in [1.807, 2.05) is 28.1 Å². The number of thiazole rings is 1. The Morgan fingerprint density at radius 1 is 1.32 bits per heavy atom. The predicted molar refractivity (Wildman–Crippen MR) is 88.4 cm³/mol. The largest absolute Gasteiger partial charge is 0.458 e. The Bertz CT molecular complexity index is 837. The van der Waals surface area contributed by atoms with Crippen molar-refractivity contribution in [2.45, 2.75) is 6.61 Å². The molecule has 7 heteroatoms. The monoisotopic (exact) mass is 352 g/mol. The normalized spacial score (nSPS) is 11.4. The number of carbonyl (C=O) groups excluding carboxylic acids is 1. The van der Waals surface area contributed by atoms with Crippen molar-refractivity contribution in [3.05, 3.63) is 63.4 Å². The highest BCUT2D eigenvalue weighted by Crippen LogP contribution is 2.22. The first kappa shape index (κ1) is 15.1. The molecule has 3 aromatic rings. The van der Waals surface area contributed by atoms with E-state index >= 15 is 0 Å². The Balaban J connectivity index is 1.65. The third-order valence-corrected chi connectivity index (χ3v) is 4.21. The summed E-state index contributed by atoms with van der Waals surface area (Å²) >= 11 is 13.3. The third-order valence-electron chi connectivity index (χ3n) is 2.93. The van der Waals surface area contributed by atoms with Gasteiger partial charge >= 0.3 is 5.97 Å². The van der Waals surface area contributed by atoms with Crippen LogP contribution in [0.1, 0.15) is 11.3 Å². The summed E-state index contributed by atoms with van der Waals surface area (Å²) in [6.07, 6.45) is 4.78. The molecule has 0 unspecified atom stereocenters. The van der Waals surface area contributed by atoms with Gasteiger partial charge in [-0.25, -0.2) is 9.78 Å². The molecule has 0 atom stereocenters. The van der Waals surface area contributed by atoms with Crippen molar-refractivity contribution < 1.29 is 9.53 Å². The van der Waals surface area contributed by atoms with E-state index in [-0.39, 0.29) is 6.61 Å². The number of hydrogen-bond donors (Lipinski definition) is 0. The second-order valence-electron chi connectivity index (χ2n) is 4.41. The summed E-state index contributed by atoms with van der Waals surface area (Å²) < 4.78 is 6.98. The van der Waals surface area contributed by atoms with Gasteiger partial charge in [0.1, 0.15) is 6.61 Å². The summed E-state index contributed by atoms with van der Waals surface area (Å²) in [6.45, 7) is 0.189. The maximum absolute atomic E-state index is 11.8. The molecule has 0 fully saturated rings. The Labute approximate surface area is 140 Å². The number of nitrogens with zero attached hydrogens (tertiary/aromatic N) is 2. The fourth-order valence-electron chi connectivity index (χ4n) is 1.86. The molecule has 0 saturated carbocycles. The van der Waals surface area contributed by atoms with Crippen LogP contribution in [0.5, 0.6) is 0 Å². The van der Waals surface area contributed by atoms with Crippen LogP contribution in [-0.4, -0.2) is 15.4 Å². The molecular formula is C15H10Cl2N2O2S. The van der Waals surface area contributed by atoms with Crippen LogP contribution in [0.25, 0.3) is 11.0 Å². The van der Waals surface area contributed by atoms with Crippen LogP contribution in [0.4, 0.5) is 0 Å². The van der Waals surface area contributed by atoms with Crippen LogP contribution in [-0.2, 0) is 16.1 Å². The van der Waals surface area contributed by atoms with E-state index < -0.39 is 5.97 Å². The zero-order valence-electron chi connectivity index (χ0n) is 11.2. The zero-order chi connectivity index (χ0) is 15.5. The van der Waals surface area contributed by atoms with Gasteiger partial charge in [0.15, 0.2) is 10.1 Å². The van der Waals surface area contributed by atoms with E-state index in [1.54, 1.807) is 18.2 Å². The summed E-state index contributed by atoms with van der Waals surface area (Å²) in [5.74, 6) is -0.448. The van der Waals surface area contributed by atoms with Crippen LogP contribution in [0, 0.1) is 0 Å². The number of hydrogen-bond acceptors (Lipinski definition) is 4. The highest BCUT2D eigenvalue weighted by atomic mass is 35.5. The molecule has 1 aromatic carbocycles. The minimum absolute atomic E-state index is 0.189. The first-order valence-electron chi connectivity index (χ1n) is 6.34. The molecule has 0 bridgehead atoms. The van der Waals surface area contributed by atoms with Gasteiger partial charge in [-0.3, -0.25) is 4.40 Å². The fourth-order valence-corrected chi connectivity index (χ4v) is 2.99. The lowest BCUT2D eigenvalue weighted by molar-refractivity contribution is -0.138. The first-order valence-corrected chi connectivity index (χ1v) is 7.97. The molecule has 0 aliphatic carbocycles. The highest BCUT2D eigenvalue weighted by molar-refractivity contribution is 7.15. The Morgan fingerprint density at radius 2 is 2.09 bits per heavy atom. The molecule has 0 aliphatic heterocycles. The van der Waals surface area contributed by atoms with E-state index in [0.29, 0.717) is 15.9 Å². The van der Waals surface area contributed by atoms with Gasteiger partial charge in [-0.15, -0.1) is 11.3 Å². The average Bonchev–Trinajstić information content (AvgIpc) is 3.05. The number of ether oxygens (including phenoxy) is 1. The van der Waals surface area contributed by atoms with Crippen molar-refractivity contribution in [2.24, 2.45) is 0 Å². The number of halogens is 2. The van der Waals surface area contributed by atoms with E-state index in [1.165, 1.54) is 17.4 Å². The van der Waals surface area contributed by atoms with Gasteiger partial charge in [-0.1, -0.05) is 35.3 Å². The first-order chi connectivity index (χ1) is 10.6. The van der Waals surface area contributed by atoms with Crippen molar-refractivity contribution in [3.63, 3.8) is 0 Å². The van der Waals surface area contributed by atoms with E-state index in [4.69, 9.17) is 27.9 Å². The Morgan fingerprint density at radius 3 is 2.86 bits per heavy atom. The molecule has 0 radical (unpaired) electrons. The lowest BCUT2D eigenvalue weighted by Crippen LogP contribution is -2.00. The smallest absolute Gasteiger partial charge is 0.331 e. The van der Waals surface area contributed by atoms with Crippen LogP contribution >= 0.6 is 34.5 Å². The summed E-state index contributed by atoms with van der Waals surface area (Å²) in [5, 5.41) is 2.90. The lowest BCUT2D eigenvalue weighted by Gasteiger charge is -2.02. The molecule has 0 amide bonds. The standard InChI is InChI=1S/C15H10Cl2N2O2S/c16-11-3-1-10(2-4-11)9-21-13(20)6-5-12-14(17)18-15-19(12)7-8-22-15/h1-8H,9H2/b6-5+. The van der Waals surface area contributed by atoms with Gasteiger partial charge in [-0.05, 0) is 23.8 Å². The molecule has 112 valence electrons. The lowest BCUT2D eigenvalue weighted by atomic mass is 10.2. The molecular weight excluding hydrogens is 343 g/mol. The number of carbonyl (C=O) groups is 1. The molecule has 3 rings (SSSR count). The zero-order valence-corrected chi connectivity index (χ0v) is 13.5. The van der Waals surface area contributed by atoms with Crippen molar-refractivity contribution in [1.29, 1.82) is 0 Å². The number of fused-ring (bicyclic) bond motifs is 1. The number of benzene rings is 1. The summed E-state index contributed by atoms with van der Waals surface area (Å²) in [6, 6.07) is 7.12. The van der Waals surface area contributed by atoms with Crippen LogP contribution < -0.4 is 0 Å². The van der Waals surface area contributed by atoms with Gasteiger partial charge in [-0.2, -0.15) is 0 Å². The molecule has 2 aromatic heterocycles. The van der Waals surface area contributed by atoms with Gasteiger partial charge in [0.05, 0.1) is 5.69 Å². The molecule has 0 aliphatic rings. The summed E-state index contributed by atoms with van der Waals surface area (Å²) in [4.78, 5) is 16.7. The number of esters is 1. The highest BCUT2D eigenvalue weighted by Gasteiger charge is 2.09. The number of aromatic nitrogens is 2. The second-order valence-corrected chi connectivity index (χ2v) is 6.08. The van der Waals surface area contributed by atoms with Gasteiger partial charge in [0, 0.05) is 22.7 Å². The Kier molecular flexibility index (Phi) is 4.47. The van der Waals surface area contributed by atoms with Crippen LogP contribution in [0.3, 0.4) is 0 Å². The molecule has 0 spiro atoms. The van der Waals surface area contributed by atoms with Crippen molar-refractivity contribution in [2.75, 3.05) is 0 Å². The second kappa shape index (κ2) is 6.52. The molecule has 0 saturated heterocycles. The topological polar surface area (TPSA) is 43.6 Å². The summed E-state index contributed by atoms with van der Waals surface area (Å²) in [7, 11) is 0. The Hall–Kier alpha value is -1.82. The maximum Gasteiger partial charge on any atom is 0.331 e. The van der Waals surface area contributed by atoms with Crippen LogP contribution in [0.15, 0.2) is 41.9 Å². The minimum Gasteiger partial charge on any atom is -0.458 e. The van der Waals surface area contributed by atoms with E-state index in [9.17, 15) is 4.79 Å². The van der Waals surface area contributed by atoms with Gasteiger partial charge in [0.2, 0.25) is 0 Å². The fraction of sp³-hybridized carbons (Fsp3) is 0.0667. The van der Waals surface area contributed by atoms with Crippen molar-refractivity contribution in [3.8, 4) is 0 Å². The molecule has 22 heavy (non-hydrogen) atoms. The number of imidazole rings is 1. The van der Waals surface area contributed by atoms with E-state index in [2.05, 4.69) is 4.98 Å².